The molecule has 1 aromatic heterocycles. The van der Waals surface area contributed by atoms with Gasteiger partial charge in [0.05, 0.1) is 49.3 Å². The lowest BCUT2D eigenvalue weighted by Gasteiger charge is -2.26. The SMILES string of the molecule is CCOC(=O)C1=C(C)N=c2s/c(=C/c3ccc(OCc4ccccc4F)c(OC)c3)c(=O)n2[C@H]1c1cc(OC)c(OCC)cc1Br. The third-order valence-electron chi connectivity index (χ3n) is 7.22. The van der Waals surface area contributed by atoms with Crippen molar-refractivity contribution >= 4 is 39.3 Å². The van der Waals surface area contributed by atoms with Crippen LogP contribution >= 0.6 is 27.3 Å². The van der Waals surface area contributed by atoms with Crippen molar-refractivity contribution in [3.8, 4) is 23.0 Å². The summed E-state index contributed by atoms with van der Waals surface area (Å²) >= 11 is 4.83. The van der Waals surface area contributed by atoms with Gasteiger partial charge in [-0.2, -0.15) is 0 Å². The van der Waals surface area contributed by atoms with E-state index in [0.29, 0.717) is 65.8 Å². The molecule has 12 heteroatoms. The van der Waals surface area contributed by atoms with Crippen LogP contribution in [-0.2, 0) is 16.1 Å². The quantitative estimate of drug-likeness (QED) is 0.185. The van der Waals surface area contributed by atoms with Crippen LogP contribution in [-0.4, -0.2) is 38.0 Å². The number of aromatic nitrogens is 1. The van der Waals surface area contributed by atoms with Crippen LogP contribution in [0.2, 0.25) is 0 Å². The normalized spacial score (nSPS) is 14.4. The molecule has 2 heterocycles. The van der Waals surface area contributed by atoms with E-state index in [4.69, 9.17) is 23.7 Å². The van der Waals surface area contributed by atoms with Crippen molar-refractivity contribution in [3.05, 3.63) is 113 Å². The number of ether oxygens (including phenoxy) is 5. The molecular weight excluding hydrogens is 679 g/mol. The zero-order chi connectivity index (χ0) is 33.0. The summed E-state index contributed by atoms with van der Waals surface area (Å²) < 4.78 is 44.7. The van der Waals surface area contributed by atoms with Crippen molar-refractivity contribution in [2.45, 2.75) is 33.4 Å². The van der Waals surface area contributed by atoms with Gasteiger partial charge in [0.2, 0.25) is 0 Å². The molecular formula is C34H32BrFN2O7S. The fourth-order valence-electron chi connectivity index (χ4n) is 5.09. The van der Waals surface area contributed by atoms with E-state index in [1.807, 2.05) is 6.92 Å². The van der Waals surface area contributed by atoms with Crippen LogP contribution in [0.3, 0.4) is 0 Å². The topological polar surface area (TPSA) is 97.6 Å². The van der Waals surface area contributed by atoms with E-state index in [1.165, 1.54) is 36.2 Å². The monoisotopic (exact) mass is 710 g/mol. The molecule has 0 N–H and O–H groups in total. The number of benzene rings is 3. The lowest BCUT2D eigenvalue weighted by molar-refractivity contribution is -0.139. The Balaban J connectivity index is 1.60. The summed E-state index contributed by atoms with van der Waals surface area (Å²) in [7, 11) is 3.03. The van der Waals surface area contributed by atoms with Crippen LogP contribution in [0, 0.1) is 5.82 Å². The van der Waals surface area contributed by atoms with E-state index in [9.17, 15) is 14.0 Å². The van der Waals surface area contributed by atoms with E-state index >= 15 is 0 Å². The highest BCUT2D eigenvalue weighted by atomic mass is 79.9. The molecule has 0 fully saturated rings. The van der Waals surface area contributed by atoms with E-state index in [-0.39, 0.29) is 30.2 Å². The Labute approximate surface area is 277 Å². The van der Waals surface area contributed by atoms with Crippen molar-refractivity contribution in [2.75, 3.05) is 27.4 Å². The lowest BCUT2D eigenvalue weighted by atomic mass is 9.95. The van der Waals surface area contributed by atoms with Crippen LogP contribution in [0.15, 0.2) is 80.1 Å². The van der Waals surface area contributed by atoms with Gasteiger partial charge >= 0.3 is 5.97 Å². The lowest BCUT2D eigenvalue weighted by Crippen LogP contribution is -2.40. The smallest absolute Gasteiger partial charge is 0.338 e. The number of carbonyl (C=O) groups excluding carboxylic acids is 1. The first kappa shape index (κ1) is 33.0. The Morgan fingerprint density at radius 2 is 1.74 bits per heavy atom. The van der Waals surface area contributed by atoms with Gasteiger partial charge in [0.15, 0.2) is 27.8 Å². The van der Waals surface area contributed by atoms with E-state index in [0.717, 1.165) is 0 Å². The van der Waals surface area contributed by atoms with Gasteiger partial charge in [-0.3, -0.25) is 9.36 Å². The molecule has 0 radical (unpaired) electrons. The molecule has 0 saturated heterocycles. The average Bonchev–Trinajstić information content (AvgIpc) is 3.34. The highest BCUT2D eigenvalue weighted by molar-refractivity contribution is 9.10. The molecule has 4 aromatic rings. The fraction of sp³-hybridized carbons (Fsp3) is 0.265. The number of hydrogen-bond donors (Lipinski definition) is 0. The van der Waals surface area contributed by atoms with Gasteiger partial charge < -0.3 is 23.7 Å². The number of esters is 1. The first-order valence-corrected chi connectivity index (χ1v) is 16.1. The minimum absolute atomic E-state index is 0.0228. The summed E-state index contributed by atoms with van der Waals surface area (Å²) in [4.78, 5) is 32.5. The predicted molar refractivity (Wildman–Crippen MR) is 176 cm³/mol. The van der Waals surface area contributed by atoms with Crippen molar-refractivity contribution in [2.24, 2.45) is 4.99 Å². The van der Waals surface area contributed by atoms with E-state index < -0.39 is 12.0 Å². The second kappa shape index (κ2) is 14.3. The number of fused-ring (bicyclic) bond motifs is 1. The predicted octanol–water partition coefficient (Wildman–Crippen LogP) is 5.69. The maximum Gasteiger partial charge on any atom is 0.338 e. The molecule has 1 atom stereocenters. The van der Waals surface area contributed by atoms with Crippen LogP contribution in [0.5, 0.6) is 23.0 Å². The Bertz CT molecular complexity index is 2000. The number of thiazole rings is 1. The summed E-state index contributed by atoms with van der Waals surface area (Å²) in [6, 6.07) is 14.2. The van der Waals surface area contributed by atoms with Crippen molar-refractivity contribution < 1.29 is 32.9 Å². The zero-order valence-corrected chi connectivity index (χ0v) is 28.3. The van der Waals surface area contributed by atoms with Crippen molar-refractivity contribution in [1.29, 1.82) is 0 Å². The van der Waals surface area contributed by atoms with Gasteiger partial charge in [0.25, 0.3) is 5.56 Å². The van der Waals surface area contributed by atoms with Gasteiger partial charge in [-0.25, -0.2) is 14.2 Å². The highest BCUT2D eigenvalue weighted by Gasteiger charge is 2.35. The molecule has 240 valence electrons. The Kier molecular flexibility index (Phi) is 10.3. The Morgan fingerprint density at radius 1 is 1.00 bits per heavy atom. The number of rotatable bonds is 11. The second-order valence-corrected chi connectivity index (χ2v) is 11.9. The highest BCUT2D eigenvalue weighted by Crippen LogP contribution is 2.41. The zero-order valence-electron chi connectivity index (χ0n) is 25.9. The van der Waals surface area contributed by atoms with Crippen molar-refractivity contribution in [1.82, 2.24) is 4.57 Å². The van der Waals surface area contributed by atoms with Gasteiger partial charge in [0.1, 0.15) is 12.4 Å². The number of halogens is 2. The number of methoxy groups -OCH3 is 2. The number of carbonyl (C=O) groups is 1. The molecule has 0 amide bonds. The Hall–Kier alpha value is -4.42. The molecule has 9 nitrogen and oxygen atoms in total. The second-order valence-electron chi connectivity index (χ2n) is 10.1. The van der Waals surface area contributed by atoms with Gasteiger partial charge in [0, 0.05) is 10.0 Å². The largest absolute Gasteiger partial charge is 0.493 e. The number of nitrogens with zero attached hydrogens (tertiary/aromatic N) is 2. The summed E-state index contributed by atoms with van der Waals surface area (Å²) in [5.74, 6) is 0.878. The summed E-state index contributed by atoms with van der Waals surface area (Å²) in [5, 5.41) is 0. The van der Waals surface area contributed by atoms with E-state index in [2.05, 4.69) is 20.9 Å². The standard InChI is InChI=1S/C34H32BrFN2O7S/c1-6-43-28-17-23(35)22(16-27(28)42-5)31-30(33(40)44-7-2)19(3)37-34-38(31)32(39)29(46-34)15-20-12-13-25(26(14-20)41-4)45-18-21-10-8-9-11-24(21)36/h8-17,31H,6-7,18H2,1-5H3/b29-15+/t31-/m0/s1. The van der Waals surface area contributed by atoms with Crippen LogP contribution < -0.4 is 33.8 Å². The first-order chi connectivity index (χ1) is 22.2. The molecule has 0 spiro atoms. The van der Waals surface area contributed by atoms with Crippen LogP contribution in [0.4, 0.5) is 4.39 Å². The average molecular weight is 712 g/mol. The molecule has 0 saturated carbocycles. The maximum atomic E-state index is 14.1. The molecule has 46 heavy (non-hydrogen) atoms. The molecule has 1 aliphatic heterocycles. The number of hydrogen-bond acceptors (Lipinski definition) is 9. The Morgan fingerprint density at radius 3 is 2.43 bits per heavy atom. The van der Waals surface area contributed by atoms with Crippen LogP contribution in [0.25, 0.3) is 6.08 Å². The van der Waals surface area contributed by atoms with Crippen LogP contribution in [0.1, 0.15) is 43.5 Å². The molecule has 1 aliphatic rings. The van der Waals surface area contributed by atoms with Gasteiger partial charge in [-0.1, -0.05) is 51.5 Å². The minimum atomic E-state index is -0.861. The molecule has 3 aromatic carbocycles. The molecule has 0 aliphatic carbocycles. The first-order valence-electron chi connectivity index (χ1n) is 14.4. The molecule has 0 unspecified atom stereocenters. The molecule has 5 rings (SSSR count). The van der Waals surface area contributed by atoms with Gasteiger partial charge in [-0.05, 0) is 68.3 Å². The minimum Gasteiger partial charge on any atom is -0.493 e. The summed E-state index contributed by atoms with van der Waals surface area (Å²) in [5.41, 5.74) is 2.02. The van der Waals surface area contributed by atoms with Gasteiger partial charge in [-0.15, -0.1) is 0 Å². The third kappa shape index (κ3) is 6.59. The van der Waals surface area contributed by atoms with Crippen molar-refractivity contribution in [3.63, 3.8) is 0 Å². The summed E-state index contributed by atoms with van der Waals surface area (Å²) in [6.45, 7) is 5.91. The molecule has 0 bridgehead atoms. The number of allylic oxidation sites excluding steroid dienone is 1. The summed E-state index contributed by atoms with van der Waals surface area (Å²) in [6.07, 6.45) is 1.72. The third-order valence-corrected chi connectivity index (χ3v) is 8.89. The fourth-order valence-corrected chi connectivity index (χ4v) is 6.68. The maximum absolute atomic E-state index is 14.1. The van der Waals surface area contributed by atoms with E-state index in [1.54, 1.807) is 68.5 Å².